The van der Waals surface area contributed by atoms with Crippen molar-refractivity contribution < 1.29 is 9.90 Å². The molecule has 1 aromatic carbocycles. The van der Waals surface area contributed by atoms with E-state index in [1.165, 1.54) is 0 Å². The van der Waals surface area contributed by atoms with Gasteiger partial charge in [-0.05, 0) is 31.5 Å². The molecule has 1 aromatic rings. The monoisotopic (exact) mass is 285 g/mol. The number of aliphatic hydroxyl groups is 1. The normalized spacial score (nSPS) is 14.2. The first kappa shape index (κ1) is 13.2. The van der Waals surface area contributed by atoms with Crippen LogP contribution in [0.5, 0.6) is 0 Å². The molecular weight excluding hydrogens is 270 g/mol. The van der Waals surface area contributed by atoms with Gasteiger partial charge in [0.15, 0.2) is 0 Å². The Balaban J connectivity index is 2.80. The first-order valence-corrected chi connectivity index (χ1v) is 5.99. The van der Waals surface area contributed by atoms with Crippen molar-refractivity contribution in [3.05, 3.63) is 34.3 Å². The smallest absolute Gasteiger partial charge is 0.251 e. The lowest BCUT2D eigenvalue weighted by Gasteiger charge is -2.27. The number of nitrogens with one attached hydrogen (secondary N) is 1. The summed E-state index contributed by atoms with van der Waals surface area (Å²) < 4.78 is 0.863. The number of hydrogen-bond donors (Lipinski definition) is 2. The van der Waals surface area contributed by atoms with E-state index in [1.54, 1.807) is 18.2 Å². The Morgan fingerprint density at radius 1 is 1.56 bits per heavy atom. The van der Waals surface area contributed by atoms with Gasteiger partial charge in [-0.15, -0.1) is 0 Å². The SMILES string of the molecule is CCC(C)(CO)NC(=O)c1cccc(Br)c1. The predicted molar refractivity (Wildman–Crippen MR) is 67.4 cm³/mol. The highest BCUT2D eigenvalue weighted by Crippen LogP contribution is 2.14. The first-order chi connectivity index (χ1) is 7.50. The molecule has 4 heteroatoms. The second-order valence-corrected chi connectivity index (χ2v) is 4.95. The Morgan fingerprint density at radius 2 is 2.25 bits per heavy atom. The van der Waals surface area contributed by atoms with Gasteiger partial charge in [-0.3, -0.25) is 4.79 Å². The molecule has 2 N–H and O–H groups in total. The summed E-state index contributed by atoms with van der Waals surface area (Å²) >= 11 is 3.31. The van der Waals surface area contributed by atoms with E-state index in [9.17, 15) is 9.90 Å². The Kier molecular flexibility index (Phi) is 4.50. The molecule has 1 amide bonds. The standard InChI is InChI=1S/C12H16BrNO2/c1-3-12(2,8-15)14-11(16)9-5-4-6-10(13)7-9/h4-7,15H,3,8H2,1-2H3,(H,14,16). The van der Waals surface area contributed by atoms with Gasteiger partial charge in [0.05, 0.1) is 12.1 Å². The van der Waals surface area contributed by atoms with Crippen molar-refractivity contribution in [2.24, 2.45) is 0 Å². The van der Waals surface area contributed by atoms with Crippen LogP contribution in [-0.4, -0.2) is 23.2 Å². The van der Waals surface area contributed by atoms with Crippen molar-refractivity contribution in [1.82, 2.24) is 5.32 Å². The van der Waals surface area contributed by atoms with E-state index in [1.807, 2.05) is 19.9 Å². The van der Waals surface area contributed by atoms with Crippen LogP contribution in [-0.2, 0) is 0 Å². The number of aliphatic hydroxyl groups excluding tert-OH is 1. The van der Waals surface area contributed by atoms with Gasteiger partial charge in [-0.25, -0.2) is 0 Å². The number of rotatable bonds is 4. The van der Waals surface area contributed by atoms with Crippen LogP contribution in [0.3, 0.4) is 0 Å². The molecule has 0 radical (unpaired) electrons. The molecule has 0 heterocycles. The minimum Gasteiger partial charge on any atom is -0.394 e. The highest BCUT2D eigenvalue weighted by atomic mass is 79.9. The van der Waals surface area contributed by atoms with Crippen molar-refractivity contribution in [3.63, 3.8) is 0 Å². The van der Waals surface area contributed by atoms with Gasteiger partial charge in [0, 0.05) is 10.0 Å². The number of carbonyl (C=O) groups is 1. The molecule has 88 valence electrons. The van der Waals surface area contributed by atoms with E-state index in [2.05, 4.69) is 21.2 Å². The average Bonchev–Trinajstić information content (AvgIpc) is 2.29. The Hall–Kier alpha value is -0.870. The maximum Gasteiger partial charge on any atom is 0.251 e. The number of benzene rings is 1. The molecule has 16 heavy (non-hydrogen) atoms. The molecule has 0 saturated carbocycles. The van der Waals surface area contributed by atoms with Crippen molar-refractivity contribution in [3.8, 4) is 0 Å². The topological polar surface area (TPSA) is 49.3 Å². The summed E-state index contributed by atoms with van der Waals surface area (Å²) in [5.74, 6) is -0.167. The fourth-order valence-electron chi connectivity index (χ4n) is 1.22. The molecule has 0 aromatic heterocycles. The molecule has 0 aliphatic rings. The van der Waals surface area contributed by atoms with Crippen molar-refractivity contribution in [2.75, 3.05) is 6.61 Å². The maximum absolute atomic E-state index is 11.9. The fourth-order valence-corrected chi connectivity index (χ4v) is 1.61. The Bertz CT molecular complexity index is 375. The molecule has 0 saturated heterocycles. The first-order valence-electron chi connectivity index (χ1n) is 5.19. The third-order valence-corrected chi connectivity index (χ3v) is 3.12. The number of halogens is 1. The zero-order valence-electron chi connectivity index (χ0n) is 9.46. The maximum atomic E-state index is 11.9. The molecular formula is C12H16BrNO2. The van der Waals surface area contributed by atoms with Crippen LogP contribution in [0, 0.1) is 0 Å². The number of carbonyl (C=O) groups excluding carboxylic acids is 1. The van der Waals surface area contributed by atoms with Gasteiger partial charge in [0.2, 0.25) is 0 Å². The van der Waals surface area contributed by atoms with E-state index in [-0.39, 0.29) is 12.5 Å². The molecule has 0 bridgehead atoms. The second-order valence-electron chi connectivity index (χ2n) is 4.04. The third kappa shape index (κ3) is 3.32. The van der Waals surface area contributed by atoms with E-state index < -0.39 is 5.54 Å². The summed E-state index contributed by atoms with van der Waals surface area (Å²) in [7, 11) is 0. The molecule has 0 aliphatic carbocycles. The van der Waals surface area contributed by atoms with Crippen molar-refractivity contribution >= 4 is 21.8 Å². The summed E-state index contributed by atoms with van der Waals surface area (Å²) in [6, 6.07) is 7.17. The van der Waals surface area contributed by atoms with Crippen LogP contribution in [0.2, 0.25) is 0 Å². The summed E-state index contributed by atoms with van der Waals surface area (Å²) in [6.07, 6.45) is 0.684. The lowest BCUT2D eigenvalue weighted by Crippen LogP contribution is -2.48. The third-order valence-electron chi connectivity index (χ3n) is 2.63. The van der Waals surface area contributed by atoms with Gasteiger partial charge in [-0.2, -0.15) is 0 Å². The molecule has 1 atom stereocenters. The van der Waals surface area contributed by atoms with Crippen molar-refractivity contribution in [1.29, 1.82) is 0 Å². The average molecular weight is 286 g/mol. The Morgan fingerprint density at radius 3 is 2.75 bits per heavy atom. The van der Waals surface area contributed by atoms with Gasteiger partial charge in [-0.1, -0.05) is 28.9 Å². The van der Waals surface area contributed by atoms with E-state index >= 15 is 0 Å². The lowest BCUT2D eigenvalue weighted by atomic mass is 9.99. The molecule has 0 fully saturated rings. The zero-order valence-corrected chi connectivity index (χ0v) is 11.0. The van der Waals surface area contributed by atoms with Crippen LogP contribution in [0.4, 0.5) is 0 Å². The van der Waals surface area contributed by atoms with Gasteiger partial charge >= 0.3 is 0 Å². The highest BCUT2D eigenvalue weighted by molar-refractivity contribution is 9.10. The summed E-state index contributed by atoms with van der Waals surface area (Å²) in [4.78, 5) is 11.9. The van der Waals surface area contributed by atoms with Crippen LogP contribution >= 0.6 is 15.9 Å². The number of amides is 1. The summed E-state index contributed by atoms with van der Waals surface area (Å²) in [5, 5.41) is 12.0. The van der Waals surface area contributed by atoms with Crippen LogP contribution < -0.4 is 5.32 Å². The summed E-state index contributed by atoms with van der Waals surface area (Å²) in [5.41, 5.74) is 0.0295. The minimum absolute atomic E-state index is 0.0662. The van der Waals surface area contributed by atoms with Gasteiger partial charge in [0.1, 0.15) is 0 Å². The lowest BCUT2D eigenvalue weighted by molar-refractivity contribution is 0.0847. The molecule has 3 nitrogen and oxygen atoms in total. The van der Waals surface area contributed by atoms with Crippen molar-refractivity contribution in [2.45, 2.75) is 25.8 Å². The fraction of sp³-hybridized carbons (Fsp3) is 0.417. The summed E-state index contributed by atoms with van der Waals surface area (Å²) in [6.45, 7) is 3.68. The Labute approximate surface area is 104 Å². The van der Waals surface area contributed by atoms with Crippen LogP contribution in [0.1, 0.15) is 30.6 Å². The molecule has 0 spiro atoms. The van der Waals surface area contributed by atoms with E-state index in [0.717, 1.165) is 4.47 Å². The molecule has 1 rings (SSSR count). The molecule has 1 unspecified atom stereocenters. The highest BCUT2D eigenvalue weighted by Gasteiger charge is 2.23. The van der Waals surface area contributed by atoms with E-state index in [4.69, 9.17) is 0 Å². The largest absolute Gasteiger partial charge is 0.394 e. The van der Waals surface area contributed by atoms with Crippen LogP contribution in [0.15, 0.2) is 28.7 Å². The van der Waals surface area contributed by atoms with Gasteiger partial charge < -0.3 is 10.4 Å². The second kappa shape index (κ2) is 5.46. The minimum atomic E-state index is -0.556. The zero-order chi connectivity index (χ0) is 12.2. The molecule has 0 aliphatic heterocycles. The number of hydrogen-bond acceptors (Lipinski definition) is 2. The van der Waals surface area contributed by atoms with Gasteiger partial charge in [0.25, 0.3) is 5.91 Å². The quantitative estimate of drug-likeness (QED) is 0.892. The van der Waals surface area contributed by atoms with E-state index in [0.29, 0.717) is 12.0 Å². The predicted octanol–water partition coefficient (Wildman–Crippen LogP) is 2.34. The van der Waals surface area contributed by atoms with Crippen LogP contribution in [0.25, 0.3) is 0 Å².